The van der Waals surface area contributed by atoms with Crippen molar-refractivity contribution in [1.29, 1.82) is 0 Å². The molecule has 0 heterocycles. The van der Waals surface area contributed by atoms with Crippen LogP contribution in [0.1, 0.15) is 24.1 Å². The van der Waals surface area contributed by atoms with Crippen LogP contribution in [-0.2, 0) is 14.8 Å². The first-order valence-corrected chi connectivity index (χ1v) is 10.3. The molecular weight excluding hydrogens is 382 g/mol. The molecule has 2 aromatic rings. The third-order valence-electron chi connectivity index (χ3n) is 4.24. The lowest BCUT2D eigenvalue weighted by Gasteiger charge is -2.19. The molecule has 0 saturated heterocycles. The van der Waals surface area contributed by atoms with E-state index < -0.39 is 16.1 Å². The minimum absolute atomic E-state index is 0.165. The van der Waals surface area contributed by atoms with E-state index >= 15 is 0 Å². The van der Waals surface area contributed by atoms with Gasteiger partial charge in [0, 0.05) is 18.7 Å². The molecule has 0 radical (unpaired) electrons. The predicted octanol–water partition coefficient (Wildman–Crippen LogP) is 3.08. The normalized spacial score (nSPS) is 12.5. The largest absolute Gasteiger partial charge is 0.497 e. The summed E-state index contributed by atoms with van der Waals surface area (Å²) in [5.74, 6) is 1.82. The monoisotopic (exact) mass is 409 g/mol. The third-order valence-corrected chi connectivity index (χ3v) is 5.78. The summed E-state index contributed by atoms with van der Waals surface area (Å²) in [6.07, 6.45) is 0. The zero-order valence-electron chi connectivity index (χ0n) is 16.8. The number of ether oxygens (including phenoxy) is 4. The highest BCUT2D eigenvalue weighted by atomic mass is 32.2. The van der Waals surface area contributed by atoms with Crippen molar-refractivity contribution in [2.45, 2.75) is 24.8 Å². The standard InChI is InChI=1S/C20H27NO6S/c1-14-12-17(7-9-19(14)27-11-10-24-3)28(22,23)21-15(2)18-13-16(25-4)6-8-20(18)26-5/h6-9,12-13,15,21H,10-11H2,1-5H3/t15-/m0/s1. The highest BCUT2D eigenvalue weighted by Gasteiger charge is 2.22. The summed E-state index contributed by atoms with van der Waals surface area (Å²) in [6.45, 7) is 4.41. The van der Waals surface area contributed by atoms with Crippen LogP contribution in [0.25, 0.3) is 0 Å². The lowest BCUT2D eigenvalue weighted by atomic mass is 10.1. The molecule has 0 spiro atoms. The molecule has 28 heavy (non-hydrogen) atoms. The molecule has 0 saturated carbocycles. The summed E-state index contributed by atoms with van der Waals surface area (Å²) in [6, 6.07) is 9.49. The average Bonchev–Trinajstić information content (AvgIpc) is 2.68. The van der Waals surface area contributed by atoms with Gasteiger partial charge in [-0.15, -0.1) is 0 Å². The summed E-state index contributed by atoms with van der Waals surface area (Å²) in [5, 5.41) is 0. The Hall–Kier alpha value is -2.29. The third kappa shape index (κ3) is 5.37. The van der Waals surface area contributed by atoms with E-state index in [1.54, 1.807) is 58.4 Å². The highest BCUT2D eigenvalue weighted by Crippen LogP contribution is 2.30. The van der Waals surface area contributed by atoms with Crippen LogP contribution in [0.15, 0.2) is 41.3 Å². The van der Waals surface area contributed by atoms with Crippen molar-refractivity contribution in [2.75, 3.05) is 34.5 Å². The molecule has 1 N–H and O–H groups in total. The number of nitrogens with one attached hydrogen (secondary N) is 1. The van der Waals surface area contributed by atoms with Gasteiger partial charge in [-0.3, -0.25) is 0 Å². The van der Waals surface area contributed by atoms with Gasteiger partial charge < -0.3 is 18.9 Å². The summed E-state index contributed by atoms with van der Waals surface area (Å²) >= 11 is 0. The molecule has 7 nitrogen and oxygen atoms in total. The minimum Gasteiger partial charge on any atom is -0.497 e. The van der Waals surface area contributed by atoms with Gasteiger partial charge in [-0.25, -0.2) is 13.1 Å². The molecule has 0 aliphatic rings. The van der Waals surface area contributed by atoms with Crippen LogP contribution < -0.4 is 18.9 Å². The Labute approximate surface area is 166 Å². The molecule has 0 aromatic heterocycles. The molecule has 0 aliphatic carbocycles. The van der Waals surface area contributed by atoms with Crippen molar-refractivity contribution in [1.82, 2.24) is 4.72 Å². The van der Waals surface area contributed by atoms with Crippen molar-refractivity contribution in [3.63, 3.8) is 0 Å². The first kappa shape index (κ1) is 22.0. The van der Waals surface area contributed by atoms with Crippen molar-refractivity contribution in [3.05, 3.63) is 47.5 Å². The van der Waals surface area contributed by atoms with Gasteiger partial charge in [0.2, 0.25) is 10.0 Å². The van der Waals surface area contributed by atoms with Crippen molar-refractivity contribution in [2.24, 2.45) is 0 Å². The first-order chi connectivity index (χ1) is 13.3. The van der Waals surface area contributed by atoms with Gasteiger partial charge >= 0.3 is 0 Å². The van der Waals surface area contributed by atoms with Crippen LogP contribution in [0.2, 0.25) is 0 Å². The van der Waals surface area contributed by atoms with Gasteiger partial charge in [-0.1, -0.05) is 0 Å². The fourth-order valence-electron chi connectivity index (χ4n) is 2.73. The number of rotatable bonds is 10. The Morgan fingerprint density at radius 2 is 1.68 bits per heavy atom. The number of methoxy groups -OCH3 is 3. The van der Waals surface area contributed by atoms with Crippen LogP contribution >= 0.6 is 0 Å². The topological polar surface area (TPSA) is 83.1 Å². The van der Waals surface area contributed by atoms with Crippen LogP contribution in [0.3, 0.4) is 0 Å². The average molecular weight is 410 g/mol. The van der Waals surface area contributed by atoms with E-state index in [1.165, 1.54) is 13.2 Å². The van der Waals surface area contributed by atoms with Crippen LogP contribution in [0, 0.1) is 6.92 Å². The quantitative estimate of drug-likeness (QED) is 0.607. The molecule has 0 amide bonds. The Morgan fingerprint density at radius 3 is 2.29 bits per heavy atom. The zero-order valence-corrected chi connectivity index (χ0v) is 17.6. The maximum absolute atomic E-state index is 12.8. The molecule has 0 unspecified atom stereocenters. The molecule has 0 aliphatic heterocycles. The maximum Gasteiger partial charge on any atom is 0.241 e. The lowest BCUT2D eigenvalue weighted by molar-refractivity contribution is 0.146. The molecule has 2 aromatic carbocycles. The SMILES string of the molecule is COCCOc1ccc(S(=O)(=O)N[C@@H](C)c2cc(OC)ccc2OC)cc1C. The Bertz CT molecular complexity index is 898. The summed E-state index contributed by atoms with van der Waals surface area (Å²) < 4.78 is 49.5. The van der Waals surface area contributed by atoms with Gasteiger partial charge in [0.25, 0.3) is 0 Å². The number of hydrogen-bond donors (Lipinski definition) is 1. The van der Waals surface area contributed by atoms with E-state index in [0.29, 0.717) is 36.0 Å². The van der Waals surface area contributed by atoms with Crippen LogP contribution in [0.4, 0.5) is 0 Å². The second-order valence-electron chi connectivity index (χ2n) is 6.22. The predicted molar refractivity (Wildman–Crippen MR) is 107 cm³/mol. The summed E-state index contributed by atoms with van der Waals surface area (Å²) in [5.41, 5.74) is 1.41. The second kappa shape index (κ2) is 9.77. The summed E-state index contributed by atoms with van der Waals surface area (Å²) in [7, 11) is 0.945. The smallest absolute Gasteiger partial charge is 0.241 e. The Balaban J connectivity index is 2.22. The van der Waals surface area contributed by atoms with E-state index in [-0.39, 0.29) is 4.90 Å². The van der Waals surface area contributed by atoms with Crippen molar-refractivity contribution >= 4 is 10.0 Å². The molecule has 154 valence electrons. The van der Waals surface area contributed by atoms with E-state index in [9.17, 15) is 8.42 Å². The second-order valence-corrected chi connectivity index (χ2v) is 7.93. The summed E-state index contributed by atoms with van der Waals surface area (Å²) in [4.78, 5) is 0.165. The van der Waals surface area contributed by atoms with E-state index in [1.807, 2.05) is 0 Å². The zero-order chi connectivity index (χ0) is 20.7. The lowest BCUT2D eigenvalue weighted by Crippen LogP contribution is -2.27. The number of benzene rings is 2. The van der Waals surface area contributed by atoms with E-state index in [2.05, 4.69) is 4.72 Å². The van der Waals surface area contributed by atoms with Crippen molar-refractivity contribution in [3.8, 4) is 17.2 Å². The first-order valence-electron chi connectivity index (χ1n) is 8.79. The maximum atomic E-state index is 12.8. The molecule has 2 rings (SSSR count). The van der Waals surface area contributed by atoms with Gasteiger partial charge in [0.1, 0.15) is 23.9 Å². The minimum atomic E-state index is -3.74. The Morgan fingerprint density at radius 1 is 0.964 bits per heavy atom. The molecular formula is C20H27NO6S. The molecule has 0 fully saturated rings. The molecule has 8 heteroatoms. The van der Waals surface area contributed by atoms with E-state index in [0.717, 1.165) is 5.56 Å². The van der Waals surface area contributed by atoms with Gasteiger partial charge in [-0.05, 0) is 55.8 Å². The van der Waals surface area contributed by atoms with Gasteiger partial charge in [-0.2, -0.15) is 0 Å². The number of hydrogen-bond acceptors (Lipinski definition) is 6. The molecule has 0 bridgehead atoms. The van der Waals surface area contributed by atoms with E-state index in [4.69, 9.17) is 18.9 Å². The fraction of sp³-hybridized carbons (Fsp3) is 0.400. The van der Waals surface area contributed by atoms with Crippen LogP contribution in [0.5, 0.6) is 17.2 Å². The van der Waals surface area contributed by atoms with Crippen molar-refractivity contribution < 1.29 is 27.4 Å². The van der Waals surface area contributed by atoms with Gasteiger partial charge in [0.05, 0.1) is 25.7 Å². The highest BCUT2D eigenvalue weighted by molar-refractivity contribution is 7.89. The molecule has 1 atom stereocenters. The fourth-order valence-corrected chi connectivity index (χ4v) is 4.04. The number of aryl methyl sites for hydroxylation is 1. The number of sulfonamides is 1. The van der Waals surface area contributed by atoms with Crippen LogP contribution in [-0.4, -0.2) is 43.0 Å². The van der Waals surface area contributed by atoms with Gasteiger partial charge in [0.15, 0.2) is 0 Å². The Kier molecular flexibility index (Phi) is 7.68.